The molecule has 0 spiro atoms. The molecule has 1 aliphatic heterocycles. The minimum Gasteiger partial charge on any atom is -0.495 e. The third-order valence-corrected chi connectivity index (χ3v) is 6.87. The monoisotopic (exact) mass is 414 g/mol. The second-order valence-electron chi connectivity index (χ2n) is 6.94. The lowest BCUT2D eigenvalue weighted by Gasteiger charge is -2.23. The van der Waals surface area contributed by atoms with Gasteiger partial charge in [0.15, 0.2) is 0 Å². The summed E-state index contributed by atoms with van der Waals surface area (Å²) in [4.78, 5) is 14.8. The number of methoxy groups -OCH3 is 1. The molecule has 0 saturated carbocycles. The largest absolute Gasteiger partial charge is 0.495 e. The zero-order chi connectivity index (χ0) is 20.9. The summed E-state index contributed by atoms with van der Waals surface area (Å²) in [6.07, 6.45) is 3.33. The van der Waals surface area contributed by atoms with Gasteiger partial charge in [0.25, 0.3) is 5.91 Å². The fraction of sp³-hybridized carbons (Fsp3) is 0.318. The van der Waals surface area contributed by atoms with E-state index in [1.54, 1.807) is 23.1 Å². The van der Waals surface area contributed by atoms with E-state index >= 15 is 0 Å². The first kappa shape index (κ1) is 21.1. The van der Waals surface area contributed by atoms with Crippen LogP contribution in [0.3, 0.4) is 0 Å². The summed E-state index contributed by atoms with van der Waals surface area (Å²) in [6, 6.07) is 14.2. The Morgan fingerprint density at radius 3 is 2.48 bits per heavy atom. The Bertz CT molecular complexity index is 968. The molecule has 1 amide bonds. The van der Waals surface area contributed by atoms with Gasteiger partial charge in [-0.15, -0.1) is 6.58 Å². The van der Waals surface area contributed by atoms with Crippen molar-refractivity contribution in [3.63, 3.8) is 0 Å². The summed E-state index contributed by atoms with van der Waals surface area (Å²) in [6.45, 7) is 5.47. The molecular weight excluding hydrogens is 388 g/mol. The third-order valence-electron chi connectivity index (χ3n) is 4.95. The first-order valence-corrected chi connectivity index (χ1v) is 11.0. The molecule has 0 N–H and O–H groups in total. The number of rotatable bonds is 8. The van der Waals surface area contributed by atoms with Gasteiger partial charge in [0, 0.05) is 31.7 Å². The molecule has 0 aromatic heterocycles. The molecule has 0 bridgehead atoms. The van der Waals surface area contributed by atoms with Gasteiger partial charge in [-0.1, -0.05) is 36.4 Å². The Balaban J connectivity index is 1.94. The molecule has 6 nitrogen and oxygen atoms in total. The standard InChI is InChI=1S/C22H26N2O4S/c1-3-13-23(17-18-9-5-4-6-10-18)22(25)19-11-12-20(28-2)21(16-19)29(26,27)24-14-7-8-15-24/h3-6,9-12,16H,1,7-8,13-15,17H2,2H3. The summed E-state index contributed by atoms with van der Waals surface area (Å²) in [5.41, 5.74) is 1.29. The van der Waals surface area contributed by atoms with Crippen molar-refractivity contribution in [2.75, 3.05) is 26.7 Å². The third kappa shape index (κ3) is 4.68. The van der Waals surface area contributed by atoms with E-state index in [2.05, 4.69) is 6.58 Å². The second kappa shape index (κ2) is 9.24. The zero-order valence-corrected chi connectivity index (χ0v) is 17.4. The van der Waals surface area contributed by atoms with Crippen molar-refractivity contribution >= 4 is 15.9 Å². The van der Waals surface area contributed by atoms with E-state index in [9.17, 15) is 13.2 Å². The van der Waals surface area contributed by atoms with Gasteiger partial charge in [0.2, 0.25) is 10.0 Å². The molecule has 2 aromatic carbocycles. The molecule has 0 atom stereocenters. The maximum Gasteiger partial charge on any atom is 0.254 e. The van der Waals surface area contributed by atoms with Crippen LogP contribution in [0.15, 0.2) is 66.1 Å². The highest BCUT2D eigenvalue weighted by molar-refractivity contribution is 7.89. The van der Waals surface area contributed by atoms with Gasteiger partial charge in [0.1, 0.15) is 10.6 Å². The Hall–Kier alpha value is -2.64. The van der Waals surface area contributed by atoms with Gasteiger partial charge in [0.05, 0.1) is 7.11 Å². The van der Waals surface area contributed by atoms with E-state index in [1.807, 2.05) is 30.3 Å². The van der Waals surface area contributed by atoms with Crippen LogP contribution < -0.4 is 4.74 Å². The molecule has 1 aliphatic rings. The minimum atomic E-state index is -3.72. The molecule has 7 heteroatoms. The van der Waals surface area contributed by atoms with Crippen molar-refractivity contribution in [1.29, 1.82) is 0 Å². The predicted octanol–water partition coefficient (Wildman–Crippen LogP) is 3.31. The highest BCUT2D eigenvalue weighted by atomic mass is 32.2. The molecule has 1 saturated heterocycles. The van der Waals surface area contributed by atoms with Crippen molar-refractivity contribution in [2.24, 2.45) is 0 Å². The topological polar surface area (TPSA) is 66.9 Å². The number of hydrogen-bond donors (Lipinski definition) is 0. The number of ether oxygens (including phenoxy) is 1. The lowest BCUT2D eigenvalue weighted by Crippen LogP contribution is -2.31. The van der Waals surface area contributed by atoms with Gasteiger partial charge in [-0.25, -0.2) is 8.42 Å². The average Bonchev–Trinajstić information content (AvgIpc) is 3.29. The maximum absolute atomic E-state index is 13.2. The Labute approximate surface area is 172 Å². The highest BCUT2D eigenvalue weighted by Gasteiger charge is 2.31. The number of benzene rings is 2. The van der Waals surface area contributed by atoms with E-state index < -0.39 is 10.0 Å². The number of nitrogens with zero attached hydrogens (tertiary/aromatic N) is 2. The first-order chi connectivity index (χ1) is 14.0. The summed E-state index contributed by atoms with van der Waals surface area (Å²) in [5, 5.41) is 0. The lowest BCUT2D eigenvalue weighted by atomic mass is 10.1. The number of hydrogen-bond acceptors (Lipinski definition) is 4. The molecule has 2 aromatic rings. The van der Waals surface area contributed by atoms with E-state index in [4.69, 9.17) is 4.74 Å². The van der Waals surface area contributed by atoms with Crippen molar-refractivity contribution in [3.05, 3.63) is 72.3 Å². The Morgan fingerprint density at radius 1 is 1.17 bits per heavy atom. The SMILES string of the molecule is C=CCN(Cc1ccccc1)C(=O)c1ccc(OC)c(S(=O)(=O)N2CCCC2)c1. The van der Waals surface area contributed by atoms with Gasteiger partial charge in [-0.2, -0.15) is 4.31 Å². The smallest absolute Gasteiger partial charge is 0.254 e. The van der Waals surface area contributed by atoms with Gasteiger partial charge >= 0.3 is 0 Å². The van der Waals surface area contributed by atoms with E-state index in [0.717, 1.165) is 18.4 Å². The maximum atomic E-state index is 13.2. The fourth-order valence-electron chi connectivity index (χ4n) is 3.44. The molecule has 0 unspecified atom stereocenters. The summed E-state index contributed by atoms with van der Waals surface area (Å²) in [7, 11) is -2.29. The van der Waals surface area contributed by atoms with Crippen LogP contribution in [0.5, 0.6) is 5.75 Å². The summed E-state index contributed by atoms with van der Waals surface area (Å²) in [5.74, 6) is -0.0129. The average molecular weight is 415 g/mol. The predicted molar refractivity (Wildman–Crippen MR) is 112 cm³/mol. The molecule has 0 radical (unpaired) electrons. The summed E-state index contributed by atoms with van der Waals surface area (Å²) < 4.78 is 32.9. The van der Waals surface area contributed by atoms with Crippen LogP contribution in [0.25, 0.3) is 0 Å². The number of carbonyl (C=O) groups is 1. The van der Waals surface area contributed by atoms with Gasteiger partial charge in [-0.05, 0) is 36.6 Å². The van der Waals surface area contributed by atoms with Crippen LogP contribution in [0.4, 0.5) is 0 Å². The number of sulfonamides is 1. The number of carbonyl (C=O) groups excluding carboxylic acids is 1. The van der Waals surface area contributed by atoms with E-state index in [1.165, 1.54) is 17.5 Å². The molecule has 1 fully saturated rings. The van der Waals surface area contributed by atoms with Crippen molar-refractivity contribution in [2.45, 2.75) is 24.3 Å². The fourth-order valence-corrected chi connectivity index (χ4v) is 5.14. The molecule has 0 aliphatic carbocycles. The molecule has 3 rings (SSSR count). The van der Waals surface area contributed by atoms with Crippen molar-refractivity contribution in [1.82, 2.24) is 9.21 Å². The second-order valence-corrected chi connectivity index (χ2v) is 8.84. The van der Waals surface area contributed by atoms with E-state index in [-0.39, 0.29) is 16.6 Å². The van der Waals surface area contributed by atoms with Crippen LogP contribution in [-0.2, 0) is 16.6 Å². The Morgan fingerprint density at radius 2 is 1.86 bits per heavy atom. The molecule has 29 heavy (non-hydrogen) atoms. The number of amides is 1. The normalized spacial score (nSPS) is 14.5. The lowest BCUT2D eigenvalue weighted by molar-refractivity contribution is 0.0762. The summed E-state index contributed by atoms with van der Waals surface area (Å²) >= 11 is 0. The van der Waals surface area contributed by atoms with Crippen LogP contribution in [0.2, 0.25) is 0 Å². The first-order valence-electron chi connectivity index (χ1n) is 9.59. The van der Waals surface area contributed by atoms with Gasteiger partial charge in [-0.3, -0.25) is 4.79 Å². The molecule has 154 valence electrons. The van der Waals surface area contributed by atoms with E-state index in [0.29, 0.717) is 31.7 Å². The molecule has 1 heterocycles. The van der Waals surface area contributed by atoms with Crippen LogP contribution in [0.1, 0.15) is 28.8 Å². The van der Waals surface area contributed by atoms with Gasteiger partial charge < -0.3 is 9.64 Å². The minimum absolute atomic E-state index is 0.0333. The molecular formula is C22H26N2O4S. The highest BCUT2D eigenvalue weighted by Crippen LogP contribution is 2.30. The van der Waals surface area contributed by atoms with Crippen molar-refractivity contribution < 1.29 is 17.9 Å². The van der Waals surface area contributed by atoms with Crippen LogP contribution in [-0.4, -0.2) is 50.3 Å². The van der Waals surface area contributed by atoms with Crippen molar-refractivity contribution in [3.8, 4) is 5.75 Å². The quantitative estimate of drug-likeness (QED) is 0.622. The zero-order valence-electron chi connectivity index (χ0n) is 16.6. The van der Waals surface area contributed by atoms with Crippen LogP contribution in [0, 0.1) is 0 Å². The van der Waals surface area contributed by atoms with Crippen LogP contribution >= 0.6 is 0 Å². The Kier molecular flexibility index (Phi) is 6.71.